The normalized spacial score (nSPS) is 16.5. The molecule has 1 aromatic carbocycles. The van der Waals surface area contributed by atoms with Crippen molar-refractivity contribution in [3.8, 4) is 0 Å². The van der Waals surface area contributed by atoms with Crippen molar-refractivity contribution in [2.45, 2.75) is 38.6 Å². The van der Waals surface area contributed by atoms with E-state index < -0.39 is 0 Å². The van der Waals surface area contributed by atoms with E-state index in [9.17, 15) is 0 Å². The standard InChI is InChI=1S/C14H19N3O/c1-2-17(11-5-3-4-6-11)14-16-12-8-7-10(15)9-13(12)18-14/h7-9,11H,2-6,15H2,1H3. The number of hydrogen-bond acceptors (Lipinski definition) is 4. The number of hydrogen-bond donors (Lipinski definition) is 1. The van der Waals surface area contributed by atoms with Crippen molar-refractivity contribution >= 4 is 22.8 Å². The second kappa shape index (κ2) is 4.52. The van der Waals surface area contributed by atoms with Crippen molar-refractivity contribution in [3.63, 3.8) is 0 Å². The second-order valence-electron chi connectivity index (χ2n) is 4.95. The predicted molar refractivity (Wildman–Crippen MR) is 73.7 cm³/mol. The summed E-state index contributed by atoms with van der Waals surface area (Å²) in [5, 5.41) is 0. The Morgan fingerprint density at radius 1 is 1.39 bits per heavy atom. The van der Waals surface area contributed by atoms with Gasteiger partial charge < -0.3 is 15.1 Å². The van der Waals surface area contributed by atoms with Crippen molar-refractivity contribution < 1.29 is 4.42 Å². The minimum Gasteiger partial charge on any atom is -0.423 e. The Kier molecular flexibility index (Phi) is 2.86. The molecular formula is C14H19N3O. The molecule has 3 rings (SSSR count). The molecule has 0 radical (unpaired) electrons. The van der Waals surface area contributed by atoms with Crippen LogP contribution >= 0.6 is 0 Å². The summed E-state index contributed by atoms with van der Waals surface area (Å²) in [5.74, 6) is 0. The molecule has 2 aromatic rings. The highest BCUT2D eigenvalue weighted by molar-refractivity contribution is 5.78. The first kappa shape index (κ1) is 11.4. The van der Waals surface area contributed by atoms with Crippen LogP contribution in [0.1, 0.15) is 32.6 Å². The van der Waals surface area contributed by atoms with Gasteiger partial charge in [0.2, 0.25) is 0 Å². The number of benzene rings is 1. The summed E-state index contributed by atoms with van der Waals surface area (Å²) in [7, 11) is 0. The Balaban J connectivity index is 1.96. The van der Waals surface area contributed by atoms with Gasteiger partial charge in [0.1, 0.15) is 5.52 Å². The first-order valence-corrected chi connectivity index (χ1v) is 6.70. The van der Waals surface area contributed by atoms with E-state index in [1.54, 1.807) is 0 Å². The van der Waals surface area contributed by atoms with Gasteiger partial charge in [-0.05, 0) is 31.9 Å². The highest BCUT2D eigenvalue weighted by atomic mass is 16.4. The van der Waals surface area contributed by atoms with Gasteiger partial charge in [0.05, 0.1) is 0 Å². The molecular weight excluding hydrogens is 226 g/mol. The molecule has 96 valence electrons. The van der Waals surface area contributed by atoms with Gasteiger partial charge in [-0.15, -0.1) is 0 Å². The maximum Gasteiger partial charge on any atom is 0.298 e. The lowest BCUT2D eigenvalue weighted by Crippen LogP contribution is -2.33. The van der Waals surface area contributed by atoms with E-state index in [0.29, 0.717) is 11.7 Å². The lowest BCUT2D eigenvalue weighted by Gasteiger charge is -2.25. The van der Waals surface area contributed by atoms with Gasteiger partial charge in [0.25, 0.3) is 6.01 Å². The van der Waals surface area contributed by atoms with Crippen LogP contribution in [0.4, 0.5) is 11.7 Å². The average Bonchev–Trinajstić information content (AvgIpc) is 2.98. The highest BCUT2D eigenvalue weighted by Gasteiger charge is 2.25. The molecule has 0 bridgehead atoms. The maximum absolute atomic E-state index is 5.85. The van der Waals surface area contributed by atoms with E-state index in [0.717, 1.165) is 23.7 Å². The van der Waals surface area contributed by atoms with Crippen LogP contribution in [0.15, 0.2) is 22.6 Å². The quantitative estimate of drug-likeness (QED) is 0.844. The summed E-state index contributed by atoms with van der Waals surface area (Å²) >= 11 is 0. The smallest absolute Gasteiger partial charge is 0.298 e. The van der Waals surface area contributed by atoms with E-state index in [2.05, 4.69) is 16.8 Å². The molecule has 1 aromatic heterocycles. The summed E-state index contributed by atoms with van der Waals surface area (Å²) in [6.45, 7) is 3.09. The topological polar surface area (TPSA) is 55.3 Å². The van der Waals surface area contributed by atoms with Gasteiger partial charge >= 0.3 is 0 Å². The minimum atomic E-state index is 0.584. The molecule has 2 N–H and O–H groups in total. The molecule has 1 fully saturated rings. The van der Waals surface area contributed by atoms with Crippen molar-refractivity contribution in [1.82, 2.24) is 4.98 Å². The van der Waals surface area contributed by atoms with Crippen LogP contribution in [0.5, 0.6) is 0 Å². The Morgan fingerprint density at radius 2 is 2.17 bits per heavy atom. The molecule has 4 nitrogen and oxygen atoms in total. The van der Waals surface area contributed by atoms with Gasteiger partial charge in [-0.2, -0.15) is 4.98 Å². The van der Waals surface area contributed by atoms with Gasteiger partial charge in [-0.1, -0.05) is 12.8 Å². The van der Waals surface area contributed by atoms with E-state index in [1.807, 2.05) is 18.2 Å². The molecule has 1 aliphatic carbocycles. The maximum atomic E-state index is 5.85. The van der Waals surface area contributed by atoms with Crippen LogP contribution in [0.2, 0.25) is 0 Å². The number of anilines is 2. The first-order chi connectivity index (χ1) is 8.78. The van der Waals surface area contributed by atoms with Crippen molar-refractivity contribution in [1.29, 1.82) is 0 Å². The third kappa shape index (κ3) is 1.92. The number of fused-ring (bicyclic) bond motifs is 1. The van der Waals surface area contributed by atoms with E-state index in [1.165, 1.54) is 25.7 Å². The van der Waals surface area contributed by atoms with E-state index in [4.69, 9.17) is 10.2 Å². The summed E-state index contributed by atoms with van der Waals surface area (Å²) in [5.41, 5.74) is 8.14. The number of aromatic nitrogens is 1. The van der Waals surface area contributed by atoms with Gasteiger partial charge in [-0.25, -0.2) is 0 Å². The number of nitrogens with zero attached hydrogens (tertiary/aromatic N) is 2. The number of nitrogens with two attached hydrogens (primary N) is 1. The number of oxazole rings is 1. The average molecular weight is 245 g/mol. The summed E-state index contributed by atoms with van der Waals surface area (Å²) < 4.78 is 5.85. The number of nitrogen functional groups attached to an aromatic ring is 1. The lowest BCUT2D eigenvalue weighted by molar-refractivity contribution is 0.519. The molecule has 0 unspecified atom stereocenters. The van der Waals surface area contributed by atoms with E-state index in [-0.39, 0.29) is 0 Å². The molecule has 1 heterocycles. The molecule has 0 saturated heterocycles. The van der Waals surface area contributed by atoms with Crippen molar-refractivity contribution in [2.75, 3.05) is 17.2 Å². The molecule has 0 atom stereocenters. The Hall–Kier alpha value is -1.71. The van der Waals surface area contributed by atoms with Crippen LogP contribution in [0.3, 0.4) is 0 Å². The van der Waals surface area contributed by atoms with Crippen LogP contribution in [-0.2, 0) is 0 Å². The first-order valence-electron chi connectivity index (χ1n) is 6.70. The van der Waals surface area contributed by atoms with Crippen LogP contribution in [0.25, 0.3) is 11.1 Å². The van der Waals surface area contributed by atoms with Crippen molar-refractivity contribution in [3.05, 3.63) is 18.2 Å². The molecule has 1 saturated carbocycles. The molecule has 0 spiro atoms. The third-order valence-electron chi connectivity index (χ3n) is 3.75. The largest absolute Gasteiger partial charge is 0.423 e. The highest BCUT2D eigenvalue weighted by Crippen LogP contribution is 2.30. The zero-order valence-corrected chi connectivity index (χ0v) is 10.7. The van der Waals surface area contributed by atoms with Crippen molar-refractivity contribution in [2.24, 2.45) is 0 Å². The van der Waals surface area contributed by atoms with Crippen LogP contribution in [0, 0.1) is 0 Å². The van der Waals surface area contributed by atoms with Gasteiger partial charge in [0, 0.05) is 24.3 Å². The SMILES string of the molecule is CCN(c1nc2ccc(N)cc2o1)C1CCCC1. The fourth-order valence-electron chi connectivity index (χ4n) is 2.82. The Labute approximate surface area is 107 Å². The summed E-state index contributed by atoms with van der Waals surface area (Å²) in [6.07, 6.45) is 5.12. The molecule has 4 heteroatoms. The zero-order chi connectivity index (χ0) is 12.5. The fraction of sp³-hybridized carbons (Fsp3) is 0.500. The molecule has 18 heavy (non-hydrogen) atoms. The van der Waals surface area contributed by atoms with E-state index >= 15 is 0 Å². The number of rotatable bonds is 3. The monoisotopic (exact) mass is 245 g/mol. The zero-order valence-electron chi connectivity index (χ0n) is 10.7. The third-order valence-corrected chi connectivity index (χ3v) is 3.75. The Bertz CT molecular complexity index is 543. The lowest BCUT2D eigenvalue weighted by atomic mass is 10.2. The van der Waals surface area contributed by atoms with Gasteiger partial charge in [-0.3, -0.25) is 0 Å². The molecule has 0 aliphatic heterocycles. The summed E-state index contributed by atoms with van der Waals surface area (Å²) in [4.78, 5) is 6.85. The second-order valence-corrected chi connectivity index (χ2v) is 4.95. The minimum absolute atomic E-state index is 0.584. The molecule has 0 amide bonds. The Morgan fingerprint density at radius 3 is 2.89 bits per heavy atom. The summed E-state index contributed by atoms with van der Waals surface area (Å²) in [6, 6.07) is 6.94. The fourth-order valence-corrected chi connectivity index (χ4v) is 2.82. The van der Waals surface area contributed by atoms with Crippen LogP contribution in [-0.4, -0.2) is 17.6 Å². The van der Waals surface area contributed by atoms with Gasteiger partial charge in [0.15, 0.2) is 5.58 Å². The predicted octanol–water partition coefficient (Wildman–Crippen LogP) is 3.18. The van der Waals surface area contributed by atoms with Crippen LogP contribution < -0.4 is 10.6 Å². The molecule has 1 aliphatic rings.